The molecule has 0 spiro atoms. The number of nitrogens with one attached hydrogen (secondary N) is 2. The van der Waals surface area contributed by atoms with Crippen molar-refractivity contribution in [3.8, 4) is 0 Å². The number of aromatic nitrogens is 3. The molecule has 8 nitrogen and oxygen atoms in total. The molecule has 10 heteroatoms. The van der Waals surface area contributed by atoms with Crippen LogP contribution in [-0.2, 0) is 16.6 Å². The minimum Gasteiger partial charge on any atom is -0.304 e. The number of rotatable bonds is 6. The molecule has 0 aromatic carbocycles. The van der Waals surface area contributed by atoms with Gasteiger partial charge < -0.3 is 5.32 Å². The second kappa shape index (κ2) is 7.13. The first kappa shape index (κ1) is 17.3. The van der Waals surface area contributed by atoms with Gasteiger partial charge in [-0.25, -0.2) is 13.1 Å². The summed E-state index contributed by atoms with van der Waals surface area (Å²) in [5, 5.41) is 8.36. The van der Waals surface area contributed by atoms with Gasteiger partial charge in [-0.3, -0.25) is 14.5 Å². The first-order valence-electron chi connectivity index (χ1n) is 7.24. The maximum atomic E-state index is 12.2. The van der Waals surface area contributed by atoms with Gasteiger partial charge in [0.25, 0.3) is 5.91 Å². The van der Waals surface area contributed by atoms with E-state index >= 15 is 0 Å². The quantitative estimate of drug-likeness (QED) is 0.678. The molecule has 0 aliphatic rings. The average molecular weight is 377 g/mol. The molecular formula is C15H15N5O3S2. The number of sulfonamides is 1. The molecule has 0 bridgehead atoms. The first-order chi connectivity index (χ1) is 12.0. The van der Waals surface area contributed by atoms with Crippen LogP contribution in [0, 0.1) is 0 Å². The van der Waals surface area contributed by atoms with Crippen molar-refractivity contribution in [2.24, 2.45) is 0 Å². The highest BCUT2D eigenvalue weighted by molar-refractivity contribution is 7.89. The van der Waals surface area contributed by atoms with Crippen LogP contribution in [0.25, 0.3) is 0 Å². The number of hydrogen-bond donors (Lipinski definition) is 2. The lowest BCUT2D eigenvalue weighted by Crippen LogP contribution is -2.18. The monoisotopic (exact) mass is 377 g/mol. The zero-order chi connectivity index (χ0) is 17.9. The molecule has 0 aliphatic carbocycles. The first-order valence-corrected chi connectivity index (χ1v) is 9.60. The molecule has 3 heterocycles. The zero-order valence-corrected chi connectivity index (χ0v) is 14.8. The van der Waals surface area contributed by atoms with Crippen LogP contribution >= 0.6 is 11.3 Å². The van der Waals surface area contributed by atoms with E-state index in [-0.39, 0.29) is 9.77 Å². The predicted octanol–water partition coefficient (Wildman–Crippen LogP) is 1.55. The summed E-state index contributed by atoms with van der Waals surface area (Å²) in [5.41, 5.74) is 1.04. The van der Waals surface area contributed by atoms with Crippen molar-refractivity contribution in [3.05, 3.63) is 58.7 Å². The van der Waals surface area contributed by atoms with E-state index in [9.17, 15) is 13.2 Å². The van der Waals surface area contributed by atoms with E-state index in [1.165, 1.54) is 18.5 Å². The molecular weight excluding hydrogens is 362 g/mol. The van der Waals surface area contributed by atoms with Crippen LogP contribution in [0.4, 0.5) is 5.82 Å². The summed E-state index contributed by atoms with van der Waals surface area (Å²) in [5.74, 6) is -0.0119. The van der Waals surface area contributed by atoms with E-state index in [1.54, 1.807) is 29.3 Å². The summed E-state index contributed by atoms with van der Waals surface area (Å²) >= 11 is 1.06. The number of pyridine rings is 1. The molecule has 3 aromatic rings. The summed E-state index contributed by atoms with van der Waals surface area (Å²) in [7, 11) is -2.24. The van der Waals surface area contributed by atoms with Crippen LogP contribution in [0.5, 0.6) is 0 Å². The van der Waals surface area contributed by atoms with E-state index in [2.05, 4.69) is 20.1 Å². The number of carbonyl (C=O) groups is 1. The third-order valence-electron chi connectivity index (χ3n) is 3.35. The minimum atomic E-state index is -3.56. The fraction of sp³-hybridized carbons (Fsp3) is 0.133. The molecule has 0 unspecified atom stereocenters. The third kappa shape index (κ3) is 4.10. The summed E-state index contributed by atoms with van der Waals surface area (Å²) in [6.45, 7) is 0.557. The second-order valence-corrected chi connectivity index (χ2v) is 7.86. The molecule has 0 fully saturated rings. The van der Waals surface area contributed by atoms with Crippen molar-refractivity contribution in [2.75, 3.05) is 12.4 Å². The average Bonchev–Trinajstić information content (AvgIpc) is 3.26. The van der Waals surface area contributed by atoms with Gasteiger partial charge in [-0.1, -0.05) is 0 Å². The summed E-state index contributed by atoms with van der Waals surface area (Å²) in [6.07, 6.45) is 5.16. The largest absolute Gasteiger partial charge is 0.304 e. The Bertz CT molecular complexity index is 980. The van der Waals surface area contributed by atoms with Crippen LogP contribution in [0.1, 0.15) is 15.2 Å². The minimum absolute atomic E-state index is 0.0633. The van der Waals surface area contributed by atoms with E-state index in [0.717, 1.165) is 16.9 Å². The molecule has 3 rings (SSSR count). The van der Waals surface area contributed by atoms with E-state index in [0.29, 0.717) is 12.4 Å². The summed E-state index contributed by atoms with van der Waals surface area (Å²) in [4.78, 5) is 16.5. The molecule has 1 amide bonds. The Morgan fingerprint density at radius 2 is 2.04 bits per heavy atom. The highest BCUT2D eigenvalue weighted by Crippen LogP contribution is 2.20. The topological polar surface area (TPSA) is 106 Å². The Morgan fingerprint density at radius 3 is 2.76 bits per heavy atom. The smallest absolute Gasteiger partial charge is 0.266 e. The number of thiophene rings is 1. The van der Waals surface area contributed by atoms with Gasteiger partial charge in [-0.05, 0) is 30.8 Å². The van der Waals surface area contributed by atoms with Crippen molar-refractivity contribution in [3.63, 3.8) is 0 Å². The Labute approximate surface area is 148 Å². The molecule has 25 heavy (non-hydrogen) atoms. The van der Waals surface area contributed by atoms with Gasteiger partial charge in [0.1, 0.15) is 0 Å². The van der Waals surface area contributed by atoms with Crippen molar-refractivity contribution < 1.29 is 13.2 Å². The Kier molecular flexibility index (Phi) is 4.93. The SMILES string of the molecule is CNS(=O)(=O)c1csc(C(=O)Nc2ccn(Cc3ccncc3)n2)c1. The maximum absolute atomic E-state index is 12.2. The number of carbonyl (C=O) groups excluding carboxylic acids is 1. The van der Waals surface area contributed by atoms with Crippen molar-refractivity contribution >= 4 is 33.1 Å². The maximum Gasteiger partial charge on any atom is 0.266 e. The lowest BCUT2D eigenvalue weighted by atomic mass is 10.3. The predicted molar refractivity (Wildman–Crippen MR) is 94.1 cm³/mol. The molecule has 0 aliphatic heterocycles. The van der Waals surface area contributed by atoms with Gasteiger partial charge in [0.05, 0.1) is 16.3 Å². The lowest BCUT2D eigenvalue weighted by Gasteiger charge is -2.02. The fourth-order valence-electron chi connectivity index (χ4n) is 2.07. The van der Waals surface area contributed by atoms with Crippen molar-refractivity contribution in [1.82, 2.24) is 19.5 Å². The van der Waals surface area contributed by atoms with Crippen molar-refractivity contribution in [2.45, 2.75) is 11.4 Å². The van der Waals surface area contributed by atoms with Gasteiger partial charge in [0, 0.05) is 30.0 Å². The molecule has 0 saturated carbocycles. The summed E-state index contributed by atoms with van der Waals surface area (Å²) in [6, 6.07) is 6.78. The second-order valence-electron chi connectivity index (χ2n) is 5.06. The molecule has 130 valence electrons. The van der Waals surface area contributed by atoms with Crippen LogP contribution < -0.4 is 10.0 Å². The van der Waals surface area contributed by atoms with E-state index in [4.69, 9.17) is 0 Å². The van der Waals surface area contributed by atoms with E-state index in [1.807, 2.05) is 12.1 Å². The number of amides is 1. The van der Waals surface area contributed by atoms with Crippen LogP contribution in [-0.4, -0.2) is 36.1 Å². The lowest BCUT2D eigenvalue weighted by molar-refractivity contribution is 0.103. The van der Waals surface area contributed by atoms with Crippen LogP contribution in [0.2, 0.25) is 0 Å². The Hall–Kier alpha value is -2.56. The molecule has 0 saturated heterocycles. The van der Waals surface area contributed by atoms with Gasteiger partial charge in [-0.2, -0.15) is 5.10 Å². The molecule has 0 radical (unpaired) electrons. The van der Waals surface area contributed by atoms with Crippen LogP contribution in [0.15, 0.2) is 53.1 Å². The highest BCUT2D eigenvalue weighted by Gasteiger charge is 2.17. The van der Waals surface area contributed by atoms with Gasteiger partial charge in [0.2, 0.25) is 10.0 Å². The van der Waals surface area contributed by atoms with Crippen molar-refractivity contribution in [1.29, 1.82) is 0 Å². The molecule has 3 aromatic heterocycles. The number of hydrogen-bond acceptors (Lipinski definition) is 6. The van der Waals surface area contributed by atoms with Gasteiger partial charge >= 0.3 is 0 Å². The summed E-state index contributed by atoms with van der Waals surface area (Å²) < 4.78 is 27.3. The fourth-order valence-corrected chi connectivity index (χ4v) is 3.96. The highest BCUT2D eigenvalue weighted by atomic mass is 32.2. The third-order valence-corrected chi connectivity index (χ3v) is 5.83. The Balaban J connectivity index is 1.68. The van der Waals surface area contributed by atoms with Gasteiger partial charge in [0.15, 0.2) is 5.82 Å². The molecule has 2 N–H and O–H groups in total. The standard InChI is InChI=1S/C15H15N5O3S2/c1-16-25(22,23)12-8-13(24-10-12)15(21)18-14-4-7-20(19-14)9-11-2-5-17-6-3-11/h2-8,10,16H,9H2,1H3,(H,18,19,21). The number of nitrogens with zero attached hydrogens (tertiary/aromatic N) is 3. The zero-order valence-electron chi connectivity index (χ0n) is 13.2. The molecule has 0 atom stereocenters. The number of anilines is 1. The van der Waals surface area contributed by atoms with E-state index < -0.39 is 15.9 Å². The normalized spacial score (nSPS) is 11.4. The van der Waals surface area contributed by atoms with Gasteiger partial charge in [-0.15, -0.1) is 11.3 Å². The van der Waals surface area contributed by atoms with Crippen LogP contribution in [0.3, 0.4) is 0 Å². The Morgan fingerprint density at radius 1 is 1.28 bits per heavy atom.